The molecule has 1 aromatic carbocycles. The molecule has 0 aliphatic heterocycles. The Morgan fingerprint density at radius 3 is 2.71 bits per heavy atom. The van der Waals surface area contributed by atoms with E-state index in [2.05, 4.69) is 14.7 Å². The first-order chi connectivity index (χ1) is 10.0. The monoisotopic (exact) mass is 300 g/mol. The molecule has 2 heterocycles. The number of benzene rings is 1. The molecule has 2 aromatic heterocycles. The van der Waals surface area contributed by atoms with Crippen LogP contribution in [0.5, 0.6) is 0 Å². The number of nitrogen functional groups attached to an aromatic ring is 1. The average Bonchev–Trinajstić information content (AvgIpc) is 2.47. The van der Waals surface area contributed by atoms with Gasteiger partial charge in [0.05, 0.1) is 22.3 Å². The lowest BCUT2D eigenvalue weighted by Gasteiger charge is -2.08. The predicted molar refractivity (Wildman–Crippen MR) is 81.2 cm³/mol. The number of nitrogens with one attached hydrogen (secondary N) is 1. The third-order valence-corrected chi connectivity index (χ3v) is 4.29. The van der Waals surface area contributed by atoms with E-state index in [0.29, 0.717) is 22.4 Å². The van der Waals surface area contributed by atoms with Gasteiger partial charge in [0, 0.05) is 11.6 Å². The van der Waals surface area contributed by atoms with E-state index < -0.39 is 10.0 Å². The topological polar surface area (TPSA) is 98.0 Å². The van der Waals surface area contributed by atoms with Crippen LogP contribution in [0.1, 0.15) is 0 Å². The molecule has 3 N–H and O–H groups in total. The van der Waals surface area contributed by atoms with Gasteiger partial charge in [-0.05, 0) is 42.5 Å². The fourth-order valence-electron chi connectivity index (χ4n) is 1.92. The van der Waals surface area contributed by atoms with Gasteiger partial charge in [-0.15, -0.1) is 0 Å². The lowest BCUT2D eigenvalue weighted by Crippen LogP contribution is -2.13. The van der Waals surface area contributed by atoms with Gasteiger partial charge in [0.15, 0.2) is 0 Å². The number of hydrogen-bond acceptors (Lipinski definition) is 5. The summed E-state index contributed by atoms with van der Waals surface area (Å²) in [6, 6.07) is 11.3. The van der Waals surface area contributed by atoms with E-state index in [1.165, 1.54) is 12.3 Å². The standard InChI is InChI=1S/C14H12N4O2S/c15-14-6-3-10-8-12(4-5-13(10)17-14)21(19,20)18-11-2-1-7-16-9-11/h1-9,18H,(H2,15,17). The van der Waals surface area contributed by atoms with Gasteiger partial charge >= 0.3 is 0 Å². The zero-order valence-corrected chi connectivity index (χ0v) is 11.7. The minimum atomic E-state index is -3.66. The summed E-state index contributed by atoms with van der Waals surface area (Å²) >= 11 is 0. The van der Waals surface area contributed by atoms with Crippen molar-refractivity contribution in [1.29, 1.82) is 0 Å². The number of rotatable bonds is 3. The van der Waals surface area contributed by atoms with Gasteiger partial charge in [-0.25, -0.2) is 13.4 Å². The molecule has 0 amide bonds. The Morgan fingerprint density at radius 2 is 1.95 bits per heavy atom. The summed E-state index contributed by atoms with van der Waals surface area (Å²) in [5.74, 6) is 0.395. The minimum absolute atomic E-state index is 0.158. The Bertz CT molecular complexity index is 895. The van der Waals surface area contributed by atoms with Crippen molar-refractivity contribution in [3.63, 3.8) is 0 Å². The molecular weight excluding hydrogens is 288 g/mol. The Labute approximate surface area is 121 Å². The predicted octanol–water partition coefficient (Wildman–Crippen LogP) is 2.01. The first kappa shape index (κ1) is 13.3. The molecule has 3 aromatic rings. The number of nitrogens with zero attached hydrogens (tertiary/aromatic N) is 2. The van der Waals surface area contributed by atoms with Crippen LogP contribution < -0.4 is 10.5 Å². The molecule has 0 unspecified atom stereocenters. The number of nitrogens with two attached hydrogens (primary N) is 1. The number of aromatic nitrogens is 2. The Balaban J connectivity index is 2.01. The van der Waals surface area contributed by atoms with Crippen molar-refractivity contribution in [2.24, 2.45) is 0 Å². The number of hydrogen-bond donors (Lipinski definition) is 2. The van der Waals surface area contributed by atoms with Crippen LogP contribution in [0.25, 0.3) is 10.9 Å². The summed E-state index contributed by atoms with van der Waals surface area (Å²) < 4.78 is 27.1. The third-order valence-electron chi connectivity index (χ3n) is 2.91. The SMILES string of the molecule is Nc1ccc2cc(S(=O)(=O)Nc3cccnc3)ccc2n1. The van der Waals surface area contributed by atoms with E-state index >= 15 is 0 Å². The van der Waals surface area contributed by atoms with Crippen molar-refractivity contribution in [2.75, 3.05) is 10.5 Å². The largest absolute Gasteiger partial charge is 0.384 e. The van der Waals surface area contributed by atoms with Gasteiger partial charge in [0.1, 0.15) is 5.82 Å². The molecular formula is C14H12N4O2S. The maximum atomic E-state index is 12.3. The van der Waals surface area contributed by atoms with E-state index in [0.717, 1.165) is 0 Å². The van der Waals surface area contributed by atoms with Crippen LogP contribution in [0, 0.1) is 0 Å². The van der Waals surface area contributed by atoms with Crippen LogP contribution in [-0.2, 0) is 10.0 Å². The van der Waals surface area contributed by atoms with Crippen LogP contribution in [0.2, 0.25) is 0 Å². The van der Waals surface area contributed by atoms with E-state index in [1.54, 1.807) is 42.6 Å². The quantitative estimate of drug-likeness (QED) is 0.771. The lowest BCUT2D eigenvalue weighted by molar-refractivity contribution is 0.601. The molecule has 0 spiro atoms. The molecule has 106 valence electrons. The molecule has 0 saturated heterocycles. The van der Waals surface area contributed by atoms with Crippen molar-refractivity contribution in [1.82, 2.24) is 9.97 Å². The van der Waals surface area contributed by atoms with Gasteiger partial charge < -0.3 is 5.73 Å². The Kier molecular flexibility index (Phi) is 3.19. The molecule has 0 aliphatic rings. The minimum Gasteiger partial charge on any atom is -0.384 e. The molecule has 0 bridgehead atoms. The van der Waals surface area contributed by atoms with E-state index in [9.17, 15) is 8.42 Å². The summed E-state index contributed by atoms with van der Waals surface area (Å²) in [5, 5.41) is 0.707. The fraction of sp³-hybridized carbons (Fsp3) is 0. The van der Waals surface area contributed by atoms with E-state index in [1.807, 2.05) is 0 Å². The average molecular weight is 300 g/mol. The summed E-state index contributed by atoms with van der Waals surface area (Å²) in [4.78, 5) is 8.16. The second kappa shape index (κ2) is 5.02. The van der Waals surface area contributed by atoms with Crippen LogP contribution in [-0.4, -0.2) is 18.4 Å². The highest BCUT2D eigenvalue weighted by molar-refractivity contribution is 7.92. The zero-order valence-electron chi connectivity index (χ0n) is 10.9. The van der Waals surface area contributed by atoms with Crippen LogP contribution in [0.15, 0.2) is 59.8 Å². The summed E-state index contributed by atoms with van der Waals surface area (Å²) in [5.41, 5.74) is 6.66. The highest BCUT2D eigenvalue weighted by Gasteiger charge is 2.15. The molecule has 0 aliphatic carbocycles. The summed E-state index contributed by atoms with van der Waals surface area (Å²) in [7, 11) is -3.66. The maximum absolute atomic E-state index is 12.3. The van der Waals surface area contributed by atoms with Crippen molar-refractivity contribution >= 4 is 32.4 Å². The summed E-state index contributed by atoms with van der Waals surface area (Å²) in [6.45, 7) is 0. The molecule has 6 nitrogen and oxygen atoms in total. The number of pyridine rings is 2. The zero-order chi connectivity index (χ0) is 14.9. The van der Waals surface area contributed by atoms with Gasteiger partial charge in [0.25, 0.3) is 10.0 Å². The molecule has 7 heteroatoms. The first-order valence-corrected chi connectivity index (χ1v) is 7.62. The van der Waals surface area contributed by atoms with Crippen LogP contribution in [0.3, 0.4) is 0 Å². The van der Waals surface area contributed by atoms with E-state index in [4.69, 9.17) is 5.73 Å². The van der Waals surface area contributed by atoms with Crippen molar-refractivity contribution in [3.8, 4) is 0 Å². The third kappa shape index (κ3) is 2.77. The number of sulfonamides is 1. The highest BCUT2D eigenvalue weighted by Crippen LogP contribution is 2.20. The molecule has 0 atom stereocenters. The van der Waals surface area contributed by atoms with Gasteiger partial charge in [-0.2, -0.15) is 0 Å². The normalized spacial score (nSPS) is 11.4. The van der Waals surface area contributed by atoms with Gasteiger partial charge in [-0.3, -0.25) is 9.71 Å². The molecule has 0 fully saturated rings. The number of anilines is 2. The molecule has 0 saturated carbocycles. The fourth-order valence-corrected chi connectivity index (χ4v) is 3.00. The first-order valence-electron chi connectivity index (χ1n) is 6.14. The highest BCUT2D eigenvalue weighted by atomic mass is 32.2. The van der Waals surface area contributed by atoms with Crippen molar-refractivity contribution in [2.45, 2.75) is 4.90 Å². The molecule has 21 heavy (non-hydrogen) atoms. The van der Waals surface area contributed by atoms with Crippen LogP contribution in [0.4, 0.5) is 11.5 Å². The lowest BCUT2D eigenvalue weighted by atomic mass is 10.2. The number of fused-ring (bicyclic) bond motifs is 1. The smallest absolute Gasteiger partial charge is 0.261 e. The van der Waals surface area contributed by atoms with E-state index in [-0.39, 0.29) is 4.90 Å². The van der Waals surface area contributed by atoms with Gasteiger partial charge in [-0.1, -0.05) is 0 Å². The Hall–Kier alpha value is -2.67. The van der Waals surface area contributed by atoms with Crippen molar-refractivity contribution in [3.05, 3.63) is 54.9 Å². The van der Waals surface area contributed by atoms with Crippen molar-refractivity contribution < 1.29 is 8.42 Å². The second-order valence-electron chi connectivity index (χ2n) is 4.44. The maximum Gasteiger partial charge on any atom is 0.261 e. The second-order valence-corrected chi connectivity index (χ2v) is 6.12. The molecule has 0 radical (unpaired) electrons. The van der Waals surface area contributed by atoms with Crippen LogP contribution >= 0.6 is 0 Å². The Morgan fingerprint density at radius 1 is 1.10 bits per heavy atom. The summed E-state index contributed by atoms with van der Waals surface area (Å²) in [6.07, 6.45) is 3.02. The molecule has 3 rings (SSSR count). The van der Waals surface area contributed by atoms with Gasteiger partial charge in [0.2, 0.25) is 0 Å².